The van der Waals surface area contributed by atoms with Crippen LogP contribution in [0.2, 0.25) is 0 Å². The van der Waals surface area contributed by atoms with E-state index in [1.54, 1.807) is 7.11 Å². The van der Waals surface area contributed by atoms with E-state index in [0.29, 0.717) is 49.4 Å². The van der Waals surface area contributed by atoms with Crippen molar-refractivity contribution in [1.29, 1.82) is 0 Å². The van der Waals surface area contributed by atoms with Gasteiger partial charge in [0.25, 0.3) is 0 Å². The van der Waals surface area contributed by atoms with Gasteiger partial charge in [0.2, 0.25) is 0 Å². The molecule has 6 nitrogen and oxygen atoms in total. The molecule has 2 aliphatic heterocycles. The van der Waals surface area contributed by atoms with Crippen LogP contribution in [0.15, 0.2) is 24.3 Å². The number of piperidine rings is 1. The van der Waals surface area contributed by atoms with Gasteiger partial charge in [0.05, 0.1) is 38.1 Å². The van der Waals surface area contributed by atoms with Gasteiger partial charge in [0, 0.05) is 35.5 Å². The average Bonchev–Trinajstić information content (AvgIpc) is 3.26. The number of carbonyl (C=O) groups excluding carboxylic acids is 1. The number of rotatable bonds is 12. The summed E-state index contributed by atoms with van der Waals surface area (Å²) in [6.45, 7) is 19.2. The average molecular weight is 609 g/mol. The standard InChI is InChI=1S/C37H53FN2O4/c1-10-18-28-32-26(23-31(43-13-4)35(33(32)38)44-14-5)37(11-2,12-3)40(28)24-30(41)25-21-27(36(6,7)8)34(42-9)29(22-25)39-19-16-15-17-20-39/h18,21-23H,10-17,19-20,24H2,1-9H3. The molecule has 1 fully saturated rings. The van der Waals surface area contributed by atoms with E-state index in [1.165, 1.54) is 6.42 Å². The molecule has 0 aromatic heterocycles. The van der Waals surface area contributed by atoms with E-state index >= 15 is 4.39 Å². The minimum Gasteiger partial charge on any atom is -0.494 e. The number of nitrogens with zero attached hydrogens (tertiary/aromatic N) is 2. The van der Waals surface area contributed by atoms with Crippen LogP contribution in [0.5, 0.6) is 17.2 Å². The Hall–Kier alpha value is -3.22. The van der Waals surface area contributed by atoms with Crippen molar-refractivity contribution < 1.29 is 23.4 Å². The first-order chi connectivity index (χ1) is 21.0. The van der Waals surface area contributed by atoms with Crippen LogP contribution >= 0.6 is 0 Å². The summed E-state index contributed by atoms with van der Waals surface area (Å²) in [7, 11) is 1.72. The molecule has 0 radical (unpaired) electrons. The number of ketones is 1. The van der Waals surface area contributed by atoms with Crippen LogP contribution in [0.1, 0.15) is 121 Å². The Morgan fingerprint density at radius 3 is 2.16 bits per heavy atom. The summed E-state index contributed by atoms with van der Waals surface area (Å²) in [5.74, 6) is 0.993. The molecule has 2 heterocycles. The third kappa shape index (κ3) is 6.03. The first-order valence-electron chi connectivity index (χ1n) is 16.6. The number of ether oxygens (including phenoxy) is 3. The van der Waals surface area contributed by atoms with Crippen LogP contribution in [0, 0.1) is 5.82 Å². The Kier molecular flexibility index (Phi) is 10.6. The van der Waals surface area contributed by atoms with Gasteiger partial charge in [0.15, 0.2) is 23.1 Å². The van der Waals surface area contributed by atoms with Crippen molar-refractivity contribution in [3.05, 3.63) is 52.3 Å². The van der Waals surface area contributed by atoms with Crippen molar-refractivity contribution in [1.82, 2.24) is 4.90 Å². The smallest absolute Gasteiger partial charge is 0.197 e. The molecule has 1 saturated heterocycles. The lowest BCUT2D eigenvalue weighted by molar-refractivity contribution is 0.0869. The Balaban J connectivity index is 1.87. The van der Waals surface area contributed by atoms with Gasteiger partial charge in [-0.2, -0.15) is 0 Å². The summed E-state index contributed by atoms with van der Waals surface area (Å²) in [5.41, 5.74) is 4.01. The lowest BCUT2D eigenvalue weighted by Gasteiger charge is -2.40. The van der Waals surface area contributed by atoms with E-state index in [1.807, 2.05) is 45.0 Å². The lowest BCUT2D eigenvalue weighted by Crippen LogP contribution is -2.42. The number of allylic oxidation sites excluding steroid dienone is 1. The van der Waals surface area contributed by atoms with E-state index in [0.717, 1.165) is 54.2 Å². The van der Waals surface area contributed by atoms with E-state index in [4.69, 9.17) is 14.2 Å². The summed E-state index contributed by atoms with van der Waals surface area (Å²) >= 11 is 0. The number of Topliss-reactive ketones (excluding diaryl/α,β-unsaturated/α-hetero) is 1. The van der Waals surface area contributed by atoms with Gasteiger partial charge in [0.1, 0.15) is 5.75 Å². The van der Waals surface area contributed by atoms with Crippen molar-refractivity contribution in [3.63, 3.8) is 0 Å². The Labute approximate surface area is 264 Å². The number of methoxy groups -OCH3 is 1. The lowest BCUT2D eigenvalue weighted by atomic mass is 9.83. The molecular formula is C37H53FN2O4. The monoisotopic (exact) mass is 608 g/mol. The summed E-state index contributed by atoms with van der Waals surface area (Å²) in [5, 5.41) is 0. The highest BCUT2D eigenvalue weighted by Gasteiger charge is 2.48. The number of carbonyl (C=O) groups is 1. The molecule has 0 N–H and O–H groups in total. The van der Waals surface area contributed by atoms with Gasteiger partial charge in [-0.3, -0.25) is 4.79 Å². The van der Waals surface area contributed by atoms with Crippen LogP contribution in [-0.4, -0.2) is 50.6 Å². The fourth-order valence-corrected chi connectivity index (χ4v) is 7.08. The molecule has 0 unspecified atom stereocenters. The van der Waals surface area contributed by atoms with Crippen molar-refractivity contribution in [2.24, 2.45) is 0 Å². The zero-order chi connectivity index (χ0) is 32.2. The van der Waals surface area contributed by atoms with Gasteiger partial charge in [-0.05, 0) is 81.5 Å². The van der Waals surface area contributed by atoms with Gasteiger partial charge in [-0.1, -0.05) is 47.6 Å². The largest absolute Gasteiger partial charge is 0.494 e. The number of anilines is 1. The van der Waals surface area contributed by atoms with E-state index < -0.39 is 11.4 Å². The SMILES string of the molecule is CCC=C1c2c(cc(OCC)c(OCC)c2F)C(CC)(CC)N1CC(=O)c1cc(N2CCCCC2)c(OC)c(C(C)(C)C)c1. The molecule has 0 bridgehead atoms. The van der Waals surface area contributed by atoms with Gasteiger partial charge in [-0.25, -0.2) is 4.39 Å². The molecule has 0 spiro atoms. The topological polar surface area (TPSA) is 51.2 Å². The number of halogens is 1. The minimum absolute atomic E-state index is 0.00738. The molecule has 0 aliphatic carbocycles. The Morgan fingerprint density at radius 2 is 1.61 bits per heavy atom. The van der Waals surface area contributed by atoms with Crippen LogP contribution in [0.25, 0.3) is 5.70 Å². The molecule has 242 valence electrons. The molecule has 2 aromatic rings. The van der Waals surface area contributed by atoms with Crippen molar-refractivity contribution in [3.8, 4) is 17.2 Å². The first kappa shape index (κ1) is 33.7. The predicted octanol–water partition coefficient (Wildman–Crippen LogP) is 8.88. The normalized spacial score (nSPS) is 17.2. The maximum absolute atomic E-state index is 16.5. The summed E-state index contributed by atoms with van der Waals surface area (Å²) in [4.78, 5) is 19.0. The Morgan fingerprint density at radius 1 is 0.955 bits per heavy atom. The first-order valence-corrected chi connectivity index (χ1v) is 16.6. The van der Waals surface area contributed by atoms with Gasteiger partial charge >= 0.3 is 0 Å². The molecule has 4 rings (SSSR count). The fraction of sp³-hybridized carbons (Fsp3) is 0.595. The number of hydrogen-bond donors (Lipinski definition) is 0. The quantitative estimate of drug-likeness (QED) is 0.224. The number of benzene rings is 2. The second-order valence-electron chi connectivity index (χ2n) is 12.9. The highest BCUT2D eigenvalue weighted by molar-refractivity contribution is 6.00. The van der Waals surface area contributed by atoms with Gasteiger partial charge < -0.3 is 24.0 Å². The van der Waals surface area contributed by atoms with E-state index in [2.05, 4.69) is 44.4 Å². The molecule has 7 heteroatoms. The highest BCUT2D eigenvalue weighted by Crippen LogP contribution is 2.54. The summed E-state index contributed by atoms with van der Waals surface area (Å²) in [6, 6.07) is 5.99. The zero-order valence-corrected chi connectivity index (χ0v) is 28.5. The highest BCUT2D eigenvalue weighted by atomic mass is 19.1. The molecule has 0 atom stereocenters. The van der Waals surface area contributed by atoms with Gasteiger partial charge in [-0.15, -0.1) is 0 Å². The second kappa shape index (κ2) is 13.8. The third-order valence-electron chi connectivity index (χ3n) is 9.31. The molecule has 2 aromatic carbocycles. The van der Waals surface area contributed by atoms with Crippen LogP contribution in [0.4, 0.5) is 10.1 Å². The van der Waals surface area contributed by atoms with E-state index in [-0.39, 0.29) is 23.5 Å². The van der Waals surface area contributed by atoms with Crippen LogP contribution in [-0.2, 0) is 11.0 Å². The summed E-state index contributed by atoms with van der Waals surface area (Å²) in [6.07, 6.45) is 7.63. The van der Waals surface area contributed by atoms with Crippen LogP contribution < -0.4 is 19.1 Å². The van der Waals surface area contributed by atoms with Crippen molar-refractivity contribution >= 4 is 17.2 Å². The van der Waals surface area contributed by atoms with Crippen LogP contribution in [0.3, 0.4) is 0 Å². The molecule has 0 amide bonds. The number of hydrogen-bond acceptors (Lipinski definition) is 6. The third-order valence-corrected chi connectivity index (χ3v) is 9.31. The minimum atomic E-state index is -0.571. The molecule has 0 saturated carbocycles. The molecular weight excluding hydrogens is 555 g/mol. The predicted molar refractivity (Wildman–Crippen MR) is 178 cm³/mol. The maximum atomic E-state index is 16.5. The number of fused-ring (bicyclic) bond motifs is 1. The van der Waals surface area contributed by atoms with Crippen molar-refractivity contribution in [2.45, 2.75) is 105 Å². The molecule has 44 heavy (non-hydrogen) atoms. The Bertz CT molecular complexity index is 1370. The zero-order valence-electron chi connectivity index (χ0n) is 28.5. The summed E-state index contributed by atoms with van der Waals surface area (Å²) < 4.78 is 34.2. The maximum Gasteiger partial charge on any atom is 0.197 e. The van der Waals surface area contributed by atoms with Crippen molar-refractivity contribution in [2.75, 3.05) is 44.9 Å². The second-order valence-corrected chi connectivity index (χ2v) is 12.9. The fourth-order valence-electron chi connectivity index (χ4n) is 7.08. The molecule has 2 aliphatic rings. The van der Waals surface area contributed by atoms with E-state index in [9.17, 15) is 4.79 Å².